The Morgan fingerprint density at radius 2 is 1.68 bits per heavy atom. The molecule has 1 heterocycles. The van der Waals surface area contributed by atoms with E-state index in [0.29, 0.717) is 6.41 Å². The minimum atomic E-state index is 0.625. The molecule has 0 saturated carbocycles. The first-order chi connectivity index (χ1) is 9.28. The smallest absolute Gasteiger partial charge is 0.206 e. The van der Waals surface area contributed by atoms with Crippen LogP contribution in [-0.4, -0.2) is 76.2 Å². The van der Waals surface area contributed by atoms with E-state index in [1.807, 2.05) is 0 Å². The fourth-order valence-corrected chi connectivity index (χ4v) is 2.09. The molecule has 1 aliphatic heterocycles. The number of carbonyl (C=O) groups excluding carboxylic acids is 1. The summed E-state index contributed by atoms with van der Waals surface area (Å²) >= 11 is 0. The SMILES string of the molecule is CCN1CCN(CCCCCOC)CC1.CNC=O. The summed E-state index contributed by atoms with van der Waals surface area (Å²) in [5, 5.41) is 2.25. The van der Waals surface area contributed by atoms with Crippen LogP contribution in [0.5, 0.6) is 0 Å². The van der Waals surface area contributed by atoms with Crippen LogP contribution >= 0.6 is 0 Å². The molecule has 1 N–H and O–H groups in total. The lowest BCUT2D eigenvalue weighted by molar-refractivity contribution is -0.109. The number of carbonyl (C=O) groups is 1. The molecule has 19 heavy (non-hydrogen) atoms. The number of hydrogen-bond acceptors (Lipinski definition) is 4. The molecule has 0 spiro atoms. The van der Waals surface area contributed by atoms with Crippen molar-refractivity contribution in [2.45, 2.75) is 26.2 Å². The molecule has 1 aliphatic rings. The molecule has 0 aromatic rings. The zero-order valence-electron chi connectivity index (χ0n) is 12.9. The summed E-state index contributed by atoms with van der Waals surface area (Å²) < 4.78 is 5.04. The number of hydrogen-bond donors (Lipinski definition) is 1. The van der Waals surface area contributed by atoms with Crippen LogP contribution in [0.25, 0.3) is 0 Å². The number of likely N-dealkylation sites (N-methyl/N-ethyl adjacent to an activating group) is 1. The monoisotopic (exact) mass is 273 g/mol. The molecular formula is C14H31N3O2. The van der Waals surface area contributed by atoms with Gasteiger partial charge in [-0.2, -0.15) is 0 Å². The second kappa shape index (κ2) is 13.8. The number of unbranched alkanes of at least 4 members (excludes halogenated alkanes) is 2. The molecule has 5 heteroatoms. The van der Waals surface area contributed by atoms with Gasteiger partial charge in [-0.1, -0.05) is 6.92 Å². The molecule has 0 aliphatic carbocycles. The van der Waals surface area contributed by atoms with Crippen LogP contribution < -0.4 is 5.32 Å². The van der Waals surface area contributed by atoms with Crippen LogP contribution in [0.15, 0.2) is 0 Å². The van der Waals surface area contributed by atoms with E-state index >= 15 is 0 Å². The Bertz CT molecular complexity index is 195. The first-order valence-corrected chi connectivity index (χ1v) is 7.33. The van der Waals surface area contributed by atoms with Crippen LogP contribution in [0, 0.1) is 0 Å². The third kappa shape index (κ3) is 10.9. The topological polar surface area (TPSA) is 44.8 Å². The molecule has 114 valence electrons. The zero-order valence-corrected chi connectivity index (χ0v) is 12.9. The van der Waals surface area contributed by atoms with Gasteiger partial charge >= 0.3 is 0 Å². The summed E-state index contributed by atoms with van der Waals surface area (Å²) in [5.41, 5.74) is 0. The van der Waals surface area contributed by atoms with Gasteiger partial charge in [-0.3, -0.25) is 4.79 Å². The number of methoxy groups -OCH3 is 1. The van der Waals surface area contributed by atoms with Crippen molar-refractivity contribution in [3.63, 3.8) is 0 Å². The number of nitrogens with zero attached hydrogens (tertiary/aromatic N) is 2. The predicted molar refractivity (Wildman–Crippen MR) is 79.4 cm³/mol. The minimum Gasteiger partial charge on any atom is -0.385 e. The summed E-state index contributed by atoms with van der Waals surface area (Å²) in [5.74, 6) is 0. The minimum absolute atomic E-state index is 0.625. The third-order valence-electron chi connectivity index (χ3n) is 3.35. The van der Waals surface area contributed by atoms with Crippen molar-refractivity contribution in [1.29, 1.82) is 0 Å². The second-order valence-corrected chi connectivity index (χ2v) is 4.74. The summed E-state index contributed by atoms with van der Waals surface area (Å²) in [6.07, 6.45) is 4.47. The average molecular weight is 273 g/mol. The van der Waals surface area contributed by atoms with E-state index in [1.54, 1.807) is 14.2 Å². The maximum Gasteiger partial charge on any atom is 0.206 e. The highest BCUT2D eigenvalue weighted by Gasteiger charge is 2.14. The quantitative estimate of drug-likeness (QED) is 0.525. The van der Waals surface area contributed by atoms with Crippen LogP contribution in [0.2, 0.25) is 0 Å². The van der Waals surface area contributed by atoms with E-state index in [2.05, 4.69) is 22.0 Å². The molecule has 0 bridgehead atoms. The Labute approximate surface area is 118 Å². The highest BCUT2D eigenvalue weighted by molar-refractivity contribution is 5.44. The Hall–Kier alpha value is -0.650. The lowest BCUT2D eigenvalue weighted by Crippen LogP contribution is -2.46. The van der Waals surface area contributed by atoms with Gasteiger partial charge in [0.05, 0.1) is 0 Å². The normalized spacial score (nSPS) is 16.6. The van der Waals surface area contributed by atoms with Crippen molar-refractivity contribution in [2.24, 2.45) is 0 Å². The van der Waals surface area contributed by atoms with Gasteiger partial charge in [0.1, 0.15) is 0 Å². The maximum atomic E-state index is 9.06. The van der Waals surface area contributed by atoms with E-state index in [1.165, 1.54) is 58.5 Å². The summed E-state index contributed by atoms with van der Waals surface area (Å²) in [4.78, 5) is 14.2. The van der Waals surface area contributed by atoms with Gasteiger partial charge in [0.2, 0.25) is 6.41 Å². The Morgan fingerprint density at radius 1 is 1.11 bits per heavy atom. The molecule has 5 nitrogen and oxygen atoms in total. The number of rotatable bonds is 8. The molecular weight excluding hydrogens is 242 g/mol. The number of ether oxygens (including phenoxy) is 1. The van der Waals surface area contributed by atoms with Crippen molar-refractivity contribution >= 4 is 6.41 Å². The van der Waals surface area contributed by atoms with Crippen LogP contribution in [-0.2, 0) is 9.53 Å². The van der Waals surface area contributed by atoms with Crippen LogP contribution in [0.1, 0.15) is 26.2 Å². The van der Waals surface area contributed by atoms with Crippen molar-refractivity contribution in [1.82, 2.24) is 15.1 Å². The van der Waals surface area contributed by atoms with Crippen molar-refractivity contribution in [2.75, 3.05) is 60.0 Å². The summed E-state index contributed by atoms with van der Waals surface area (Å²) in [6.45, 7) is 10.7. The van der Waals surface area contributed by atoms with Gasteiger partial charge in [-0.15, -0.1) is 0 Å². The Kier molecular flexibility index (Phi) is 13.3. The van der Waals surface area contributed by atoms with Gasteiger partial charge in [0.25, 0.3) is 0 Å². The average Bonchev–Trinajstić information content (AvgIpc) is 2.48. The van der Waals surface area contributed by atoms with E-state index in [9.17, 15) is 0 Å². The van der Waals surface area contributed by atoms with E-state index < -0.39 is 0 Å². The van der Waals surface area contributed by atoms with Gasteiger partial charge in [-0.05, 0) is 32.4 Å². The molecule has 0 unspecified atom stereocenters. The predicted octanol–water partition coefficient (Wildman–Crippen LogP) is 0.803. The summed E-state index contributed by atoms with van der Waals surface area (Å²) in [7, 11) is 3.34. The zero-order chi connectivity index (χ0) is 14.3. The van der Waals surface area contributed by atoms with E-state index in [0.717, 1.165) is 6.61 Å². The molecule has 1 fully saturated rings. The van der Waals surface area contributed by atoms with Crippen LogP contribution in [0.4, 0.5) is 0 Å². The lowest BCUT2D eigenvalue weighted by atomic mass is 10.2. The maximum absolute atomic E-state index is 9.06. The second-order valence-electron chi connectivity index (χ2n) is 4.74. The largest absolute Gasteiger partial charge is 0.385 e. The van der Waals surface area contributed by atoms with Gasteiger partial charge in [0, 0.05) is 46.9 Å². The van der Waals surface area contributed by atoms with Crippen LogP contribution in [0.3, 0.4) is 0 Å². The number of amides is 1. The van der Waals surface area contributed by atoms with Crippen molar-refractivity contribution in [3.05, 3.63) is 0 Å². The molecule has 1 rings (SSSR count). The fourth-order valence-electron chi connectivity index (χ4n) is 2.09. The number of nitrogens with one attached hydrogen (secondary N) is 1. The highest BCUT2D eigenvalue weighted by atomic mass is 16.5. The molecule has 0 aromatic carbocycles. The Balaban J connectivity index is 0.000000711. The van der Waals surface area contributed by atoms with E-state index in [-0.39, 0.29) is 0 Å². The number of piperazine rings is 1. The van der Waals surface area contributed by atoms with Crippen molar-refractivity contribution < 1.29 is 9.53 Å². The molecule has 0 aromatic heterocycles. The third-order valence-corrected chi connectivity index (χ3v) is 3.35. The standard InChI is InChI=1S/C12H26N2O.C2H5NO/c1-3-13-8-10-14(11-9-13)7-5-4-6-12-15-2;1-3-2-4/h3-12H2,1-2H3;2H,1H3,(H,3,4). The van der Waals surface area contributed by atoms with E-state index in [4.69, 9.17) is 9.53 Å². The molecule has 0 atom stereocenters. The first kappa shape index (κ1) is 18.4. The Morgan fingerprint density at radius 3 is 2.16 bits per heavy atom. The van der Waals surface area contributed by atoms with Gasteiger partial charge < -0.3 is 19.9 Å². The highest BCUT2D eigenvalue weighted by Crippen LogP contribution is 2.04. The fraction of sp³-hybridized carbons (Fsp3) is 0.929. The molecule has 0 radical (unpaired) electrons. The molecule has 1 saturated heterocycles. The first-order valence-electron chi connectivity index (χ1n) is 7.33. The van der Waals surface area contributed by atoms with Gasteiger partial charge in [-0.25, -0.2) is 0 Å². The summed E-state index contributed by atoms with van der Waals surface area (Å²) in [6, 6.07) is 0. The van der Waals surface area contributed by atoms with Gasteiger partial charge in [0.15, 0.2) is 0 Å². The van der Waals surface area contributed by atoms with Crippen molar-refractivity contribution in [3.8, 4) is 0 Å². The molecule has 1 amide bonds. The lowest BCUT2D eigenvalue weighted by Gasteiger charge is -2.33.